The molecule has 0 radical (unpaired) electrons. The molecule has 0 spiro atoms. The first kappa shape index (κ1) is 163. The van der Waals surface area contributed by atoms with Gasteiger partial charge in [-0.3, -0.25) is 0 Å². The van der Waals surface area contributed by atoms with Gasteiger partial charge in [-0.25, -0.2) is 0 Å². The molecule has 0 heterocycles. The van der Waals surface area contributed by atoms with E-state index in [1.54, 1.807) is 0 Å². The normalized spacial score (nSPS) is 0. The monoisotopic (exact) mass is 104 g/mol. The van der Waals surface area contributed by atoms with Gasteiger partial charge in [-0.05, 0) is 0 Å². The van der Waals surface area contributed by atoms with Crippen molar-refractivity contribution in [2.75, 3.05) is 0 Å². The van der Waals surface area contributed by atoms with Gasteiger partial charge in [-0.2, -0.15) is 0 Å². The van der Waals surface area contributed by atoms with Crippen molar-refractivity contribution in [1.29, 1.82) is 0 Å². The second-order valence-electron chi connectivity index (χ2n) is 0. The van der Waals surface area contributed by atoms with E-state index in [4.69, 9.17) is 0 Å². The molecule has 2 N–H and O–H groups in total. The minimum Gasteiger partial charge on any atom is -2.00 e. The molecule has 3 nitrogen and oxygen atoms in total. The van der Waals surface area contributed by atoms with Crippen LogP contribution in [0.4, 0.5) is 0 Å². The first-order valence-electron chi connectivity index (χ1n) is 0. The van der Waals surface area contributed by atoms with E-state index in [2.05, 4.69) is 0 Å². The van der Waals surface area contributed by atoms with Gasteiger partial charge in [0.15, 0.2) is 0 Å². The Labute approximate surface area is 51.6 Å². The fourth-order valence-electron chi connectivity index (χ4n) is 0. The van der Waals surface area contributed by atoms with Crippen LogP contribution in [-0.4, -0.2) is 40.2 Å². The minimum absolute atomic E-state index is 0. The van der Waals surface area contributed by atoms with E-state index in [1.807, 2.05) is 0 Å². The summed E-state index contributed by atoms with van der Waals surface area (Å²) < 4.78 is 0. The first-order chi connectivity index (χ1) is 0. The fraction of sp³-hybridized carbons (Fsp3) is 0. The molecule has 24 valence electrons. The van der Waals surface area contributed by atoms with Gasteiger partial charge in [0.1, 0.15) is 0 Å². The first-order valence-corrected chi connectivity index (χ1v) is 0. The standard InChI is InChI=1S/2Al.H2O.2O/h;;1H2;;/q2*+3;;2*-2. The van der Waals surface area contributed by atoms with Crippen LogP contribution >= 0.6 is 0 Å². The molecule has 0 fully saturated rings. The molecule has 5 heavy (non-hydrogen) atoms. The second-order valence-corrected chi connectivity index (χ2v) is 0. The molecule has 0 aromatic heterocycles. The Morgan fingerprint density at radius 2 is 0.600 bits per heavy atom. The fourth-order valence-corrected chi connectivity index (χ4v) is 0. The predicted octanol–water partition coefficient (Wildman–Crippen LogP) is -1.82. The Morgan fingerprint density at radius 1 is 0.600 bits per heavy atom. The summed E-state index contributed by atoms with van der Waals surface area (Å²) in [5.74, 6) is 0. The van der Waals surface area contributed by atoms with Crippen molar-refractivity contribution in [3.8, 4) is 0 Å². The van der Waals surface area contributed by atoms with E-state index in [9.17, 15) is 0 Å². The molecule has 0 saturated carbocycles. The Hall–Kier alpha value is 0.945. The zero-order chi connectivity index (χ0) is 0. The Morgan fingerprint density at radius 3 is 0.600 bits per heavy atom. The summed E-state index contributed by atoms with van der Waals surface area (Å²) in [5, 5.41) is 0. The van der Waals surface area contributed by atoms with E-state index in [0.29, 0.717) is 0 Å². The maximum absolute atomic E-state index is 0. The second kappa shape index (κ2) is 86.2. The third kappa shape index (κ3) is 48.0. The van der Waals surface area contributed by atoms with Crippen molar-refractivity contribution < 1.29 is 16.4 Å². The summed E-state index contributed by atoms with van der Waals surface area (Å²) in [5.41, 5.74) is 0. The van der Waals surface area contributed by atoms with Crippen LogP contribution in [0, 0.1) is 0 Å². The average Bonchev–Trinajstić information content (AvgIpc) is 0. The van der Waals surface area contributed by atoms with E-state index < -0.39 is 0 Å². The molecule has 0 aromatic carbocycles. The van der Waals surface area contributed by atoms with Crippen molar-refractivity contribution in [2.24, 2.45) is 0 Å². The summed E-state index contributed by atoms with van der Waals surface area (Å²) in [4.78, 5) is 0. The Kier molecular flexibility index (Phi) is 2810. The summed E-state index contributed by atoms with van der Waals surface area (Å²) in [6.07, 6.45) is 0. The van der Waals surface area contributed by atoms with Gasteiger partial charge in [0.25, 0.3) is 0 Å². The van der Waals surface area contributed by atoms with Gasteiger partial charge in [0.05, 0.1) is 0 Å². The maximum atomic E-state index is 0. The van der Waals surface area contributed by atoms with Crippen LogP contribution in [0.25, 0.3) is 0 Å². The molecule has 0 saturated heterocycles. The topological polar surface area (TPSA) is 88.5 Å². The summed E-state index contributed by atoms with van der Waals surface area (Å²) in [7, 11) is 0. The van der Waals surface area contributed by atoms with Gasteiger partial charge >= 0.3 is 34.7 Å². The summed E-state index contributed by atoms with van der Waals surface area (Å²) in [6, 6.07) is 0. The molecule has 0 rings (SSSR count). The van der Waals surface area contributed by atoms with Crippen LogP contribution in [0.1, 0.15) is 0 Å². The third-order valence-electron chi connectivity index (χ3n) is 0. The van der Waals surface area contributed by atoms with Crippen molar-refractivity contribution >= 4 is 34.7 Å². The van der Waals surface area contributed by atoms with Crippen molar-refractivity contribution in [3.63, 3.8) is 0 Å². The van der Waals surface area contributed by atoms with Gasteiger partial charge in [-0.15, -0.1) is 0 Å². The van der Waals surface area contributed by atoms with Crippen molar-refractivity contribution in [3.05, 3.63) is 0 Å². The quantitative estimate of drug-likeness (QED) is 0.324. The largest absolute Gasteiger partial charge is 3.00 e. The Balaban J connectivity index is 0. The van der Waals surface area contributed by atoms with E-state index in [0.717, 1.165) is 0 Å². The molecular weight excluding hydrogens is 102 g/mol. The number of hydrogen-bond donors (Lipinski definition) is 0. The van der Waals surface area contributed by atoms with Gasteiger partial charge in [0.2, 0.25) is 0 Å². The van der Waals surface area contributed by atoms with Crippen LogP contribution < -0.4 is 0 Å². The van der Waals surface area contributed by atoms with E-state index in [-0.39, 0.29) is 51.2 Å². The van der Waals surface area contributed by atoms with Crippen LogP contribution in [0.3, 0.4) is 0 Å². The summed E-state index contributed by atoms with van der Waals surface area (Å²) >= 11 is 0. The predicted molar refractivity (Wildman–Crippen MR) is 16.5 cm³/mol. The average molecular weight is 104 g/mol. The van der Waals surface area contributed by atoms with Gasteiger partial charge in [0, 0.05) is 0 Å². The third-order valence-corrected chi connectivity index (χ3v) is 0. The Bertz CT molecular complexity index is 4.85. The molecule has 0 aliphatic rings. The molecule has 0 atom stereocenters. The molecule has 0 amide bonds. The minimum atomic E-state index is 0. The van der Waals surface area contributed by atoms with Crippen LogP contribution in [0.2, 0.25) is 0 Å². The van der Waals surface area contributed by atoms with E-state index >= 15 is 0 Å². The SMILES string of the molecule is O.[Al+3].[Al+3].[O-2].[O-2]. The number of hydrogen-bond acceptors (Lipinski definition) is 0. The van der Waals surface area contributed by atoms with Crippen LogP contribution in [-0.2, 0) is 11.0 Å². The smallest absolute Gasteiger partial charge is 2.00 e. The van der Waals surface area contributed by atoms with Gasteiger partial charge in [-0.1, -0.05) is 0 Å². The van der Waals surface area contributed by atoms with Gasteiger partial charge < -0.3 is 16.4 Å². The molecule has 0 aliphatic carbocycles. The summed E-state index contributed by atoms with van der Waals surface area (Å²) in [6.45, 7) is 0. The number of rotatable bonds is 0. The molecule has 0 aliphatic heterocycles. The van der Waals surface area contributed by atoms with Crippen LogP contribution in [0.5, 0.6) is 0 Å². The van der Waals surface area contributed by atoms with Crippen molar-refractivity contribution in [1.82, 2.24) is 0 Å². The molecule has 0 unspecified atom stereocenters. The zero-order valence-electron chi connectivity index (χ0n) is 2.47. The maximum Gasteiger partial charge on any atom is 3.00 e. The molecular formula is H2Al2O3+2. The molecule has 5 heteroatoms. The van der Waals surface area contributed by atoms with E-state index in [1.165, 1.54) is 0 Å². The zero-order valence-corrected chi connectivity index (χ0v) is 4.78. The van der Waals surface area contributed by atoms with Crippen LogP contribution in [0.15, 0.2) is 0 Å². The molecule has 0 aromatic rings. The van der Waals surface area contributed by atoms with Crippen molar-refractivity contribution in [2.45, 2.75) is 0 Å². The molecule has 0 bridgehead atoms.